The van der Waals surface area contributed by atoms with Crippen LogP contribution in [0.15, 0.2) is 30.3 Å². The molecule has 0 spiro atoms. The van der Waals surface area contributed by atoms with E-state index in [0.29, 0.717) is 6.61 Å². The van der Waals surface area contributed by atoms with E-state index >= 15 is 0 Å². The molecular formula is C13H23NO3Si. The van der Waals surface area contributed by atoms with E-state index in [1.807, 2.05) is 24.7 Å². The minimum Gasteiger partial charge on any atom is -0.385 e. The molecule has 0 fully saturated rings. The lowest BCUT2D eigenvalue weighted by atomic mass is 10.3. The van der Waals surface area contributed by atoms with E-state index in [1.165, 1.54) is 0 Å². The molecule has 102 valence electrons. The Morgan fingerprint density at radius 1 is 1.06 bits per heavy atom. The molecule has 0 unspecified atom stereocenters. The molecule has 1 aromatic carbocycles. The van der Waals surface area contributed by atoms with Crippen LogP contribution in [0.3, 0.4) is 0 Å². The fourth-order valence-electron chi connectivity index (χ4n) is 1.47. The van der Waals surface area contributed by atoms with Gasteiger partial charge in [-0.15, -0.1) is 0 Å². The Kier molecular flexibility index (Phi) is 6.96. The number of hydrogen-bond donors (Lipinski definition) is 1. The first-order chi connectivity index (χ1) is 8.70. The van der Waals surface area contributed by atoms with E-state index in [1.54, 1.807) is 14.2 Å². The van der Waals surface area contributed by atoms with E-state index in [0.717, 1.165) is 25.1 Å². The van der Waals surface area contributed by atoms with Gasteiger partial charge in [-0.05, 0) is 25.0 Å². The van der Waals surface area contributed by atoms with Gasteiger partial charge in [0.25, 0.3) is 0 Å². The van der Waals surface area contributed by atoms with Gasteiger partial charge in [-0.25, -0.2) is 0 Å². The summed E-state index contributed by atoms with van der Waals surface area (Å²) in [5.74, 6) is 0. The Morgan fingerprint density at radius 2 is 1.72 bits per heavy atom. The minimum atomic E-state index is -2.34. The lowest BCUT2D eigenvalue weighted by Gasteiger charge is -2.21. The average Bonchev–Trinajstić information content (AvgIpc) is 2.43. The molecule has 1 aromatic rings. The number of rotatable bonds is 9. The molecule has 0 amide bonds. The molecule has 1 N–H and O–H groups in total. The van der Waals surface area contributed by atoms with Crippen molar-refractivity contribution in [1.82, 2.24) is 0 Å². The van der Waals surface area contributed by atoms with Crippen LogP contribution >= 0.6 is 0 Å². The molecule has 5 heteroatoms. The molecule has 1 rings (SSSR count). The third-order valence-corrected chi connectivity index (χ3v) is 4.99. The maximum Gasteiger partial charge on any atom is 0.497 e. The standard InChI is InChI=1S/C13H23NO3Si/c1-15-18(3,16-2)17-12-8-7-11-14-13-9-5-4-6-10-13/h4-6,9-10,14H,7-8,11-12H2,1-3H3. The average molecular weight is 269 g/mol. The third-order valence-electron chi connectivity index (χ3n) is 2.78. The summed E-state index contributed by atoms with van der Waals surface area (Å²) in [6.45, 7) is 3.53. The molecule has 0 aliphatic carbocycles. The van der Waals surface area contributed by atoms with Crippen LogP contribution < -0.4 is 5.32 Å². The van der Waals surface area contributed by atoms with Gasteiger partial charge in [0, 0.05) is 39.6 Å². The molecule has 0 heterocycles. The number of unbranched alkanes of at least 4 members (excludes halogenated alkanes) is 1. The first-order valence-electron chi connectivity index (χ1n) is 6.23. The van der Waals surface area contributed by atoms with Crippen LogP contribution in [0.25, 0.3) is 0 Å². The van der Waals surface area contributed by atoms with Gasteiger partial charge in [0.15, 0.2) is 0 Å². The van der Waals surface area contributed by atoms with Crippen molar-refractivity contribution in [3.63, 3.8) is 0 Å². The molecule has 0 saturated carbocycles. The smallest absolute Gasteiger partial charge is 0.385 e. The summed E-state index contributed by atoms with van der Waals surface area (Å²) in [4.78, 5) is 0. The molecule has 0 saturated heterocycles. The van der Waals surface area contributed by atoms with Crippen molar-refractivity contribution in [1.29, 1.82) is 0 Å². The summed E-state index contributed by atoms with van der Waals surface area (Å²) in [7, 11) is 0.921. The highest BCUT2D eigenvalue weighted by atomic mass is 28.4. The van der Waals surface area contributed by atoms with Crippen molar-refractivity contribution in [2.75, 3.05) is 32.7 Å². The number of hydrogen-bond acceptors (Lipinski definition) is 4. The Bertz CT molecular complexity index is 317. The molecule has 0 aromatic heterocycles. The van der Waals surface area contributed by atoms with Crippen LogP contribution in [-0.2, 0) is 13.3 Å². The normalized spacial score (nSPS) is 11.5. The number of benzene rings is 1. The zero-order valence-corrected chi connectivity index (χ0v) is 12.4. The molecule has 0 aliphatic heterocycles. The molecule has 4 nitrogen and oxygen atoms in total. The van der Waals surface area contributed by atoms with Crippen LogP contribution in [-0.4, -0.2) is 36.2 Å². The summed E-state index contributed by atoms with van der Waals surface area (Å²) < 4.78 is 16.1. The van der Waals surface area contributed by atoms with Gasteiger partial charge >= 0.3 is 8.80 Å². The SMILES string of the molecule is CO[Si](C)(OC)OCCCCNc1ccccc1. The summed E-state index contributed by atoms with van der Waals surface area (Å²) >= 11 is 0. The molecular weight excluding hydrogens is 246 g/mol. The third kappa shape index (κ3) is 5.64. The second kappa shape index (κ2) is 8.26. The van der Waals surface area contributed by atoms with E-state index in [4.69, 9.17) is 13.3 Å². The van der Waals surface area contributed by atoms with Gasteiger partial charge in [-0.2, -0.15) is 0 Å². The maximum absolute atomic E-state index is 5.65. The van der Waals surface area contributed by atoms with Gasteiger partial charge in [-0.1, -0.05) is 18.2 Å². The van der Waals surface area contributed by atoms with Crippen LogP contribution in [0.5, 0.6) is 0 Å². The summed E-state index contributed by atoms with van der Waals surface area (Å²) in [5, 5.41) is 3.36. The number of anilines is 1. The highest BCUT2D eigenvalue weighted by Gasteiger charge is 2.31. The van der Waals surface area contributed by atoms with Crippen molar-refractivity contribution in [3.05, 3.63) is 30.3 Å². The van der Waals surface area contributed by atoms with Crippen LogP contribution in [0.2, 0.25) is 6.55 Å². The quantitative estimate of drug-likeness (QED) is 0.553. The number of para-hydroxylation sites is 1. The molecule has 0 radical (unpaired) electrons. The Labute approximate surface area is 111 Å². The van der Waals surface area contributed by atoms with E-state index in [9.17, 15) is 0 Å². The maximum atomic E-state index is 5.65. The largest absolute Gasteiger partial charge is 0.497 e. The topological polar surface area (TPSA) is 39.7 Å². The predicted molar refractivity (Wildman–Crippen MR) is 75.8 cm³/mol. The van der Waals surface area contributed by atoms with Crippen LogP contribution in [0.1, 0.15) is 12.8 Å². The number of nitrogens with one attached hydrogen (secondary N) is 1. The monoisotopic (exact) mass is 269 g/mol. The van der Waals surface area contributed by atoms with Crippen molar-refractivity contribution in [3.8, 4) is 0 Å². The lowest BCUT2D eigenvalue weighted by molar-refractivity contribution is 0.104. The van der Waals surface area contributed by atoms with E-state index in [2.05, 4.69) is 17.4 Å². The van der Waals surface area contributed by atoms with E-state index < -0.39 is 8.80 Å². The Morgan fingerprint density at radius 3 is 2.33 bits per heavy atom. The fraction of sp³-hybridized carbons (Fsp3) is 0.538. The Balaban J connectivity index is 2.06. The second-order valence-corrected chi connectivity index (χ2v) is 6.95. The zero-order valence-electron chi connectivity index (χ0n) is 11.4. The van der Waals surface area contributed by atoms with Gasteiger partial charge < -0.3 is 18.6 Å². The van der Waals surface area contributed by atoms with Gasteiger partial charge in [0.05, 0.1) is 0 Å². The predicted octanol–water partition coefficient (Wildman–Crippen LogP) is 2.76. The van der Waals surface area contributed by atoms with Crippen LogP contribution in [0, 0.1) is 0 Å². The van der Waals surface area contributed by atoms with Gasteiger partial charge in [-0.3, -0.25) is 0 Å². The van der Waals surface area contributed by atoms with E-state index in [-0.39, 0.29) is 0 Å². The lowest BCUT2D eigenvalue weighted by Crippen LogP contribution is -2.40. The molecule has 0 bridgehead atoms. The zero-order chi connectivity index (χ0) is 13.3. The van der Waals surface area contributed by atoms with Crippen molar-refractivity contribution in [2.24, 2.45) is 0 Å². The second-order valence-electron chi connectivity index (χ2n) is 4.12. The van der Waals surface area contributed by atoms with Gasteiger partial charge in [0.2, 0.25) is 0 Å². The summed E-state index contributed by atoms with van der Waals surface area (Å²) in [6.07, 6.45) is 2.06. The Hall–Kier alpha value is -0.883. The van der Waals surface area contributed by atoms with Crippen LogP contribution in [0.4, 0.5) is 5.69 Å². The fourth-order valence-corrected chi connectivity index (χ4v) is 2.39. The first kappa shape index (κ1) is 15.2. The molecule has 0 aliphatic rings. The molecule has 0 atom stereocenters. The molecule has 18 heavy (non-hydrogen) atoms. The van der Waals surface area contributed by atoms with Gasteiger partial charge in [0.1, 0.15) is 0 Å². The first-order valence-corrected chi connectivity index (χ1v) is 8.46. The summed E-state index contributed by atoms with van der Waals surface area (Å²) in [6, 6.07) is 10.2. The highest BCUT2D eigenvalue weighted by molar-refractivity contribution is 6.59. The van der Waals surface area contributed by atoms with Crippen molar-refractivity contribution in [2.45, 2.75) is 19.4 Å². The van der Waals surface area contributed by atoms with Crippen molar-refractivity contribution < 1.29 is 13.3 Å². The van der Waals surface area contributed by atoms with Crippen molar-refractivity contribution >= 4 is 14.5 Å². The highest BCUT2D eigenvalue weighted by Crippen LogP contribution is 2.08. The minimum absolute atomic E-state index is 0.681. The summed E-state index contributed by atoms with van der Waals surface area (Å²) in [5.41, 5.74) is 1.16.